The summed E-state index contributed by atoms with van der Waals surface area (Å²) in [4.78, 5) is 33.7. The van der Waals surface area contributed by atoms with Crippen molar-refractivity contribution in [2.24, 2.45) is 0 Å². The minimum atomic E-state index is -1.12. The highest BCUT2D eigenvalue weighted by Gasteiger charge is 2.24. The number of hydrogen-bond acceptors (Lipinski definition) is 6. The van der Waals surface area contributed by atoms with E-state index in [1.54, 1.807) is 20.8 Å². The number of hydrogen-bond donors (Lipinski definition) is 3. The molecular weight excluding hydrogens is 272 g/mol. The van der Waals surface area contributed by atoms with E-state index in [0.29, 0.717) is 0 Å². The van der Waals surface area contributed by atoms with Crippen molar-refractivity contribution in [2.45, 2.75) is 38.8 Å². The molecule has 1 atom stereocenters. The van der Waals surface area contributed by atoms with Gasteiger partial charge >= 0.3 is 11.9 Å². The fraction of sp³-hybridized carbons (Fsp3) is 0.727. The number of amides is 1. The third kappa shape index (κ3) is 7.68. The SMILES string of the molecule is CN(NC(=O)CC(=O)OC(C)(C)C)[C@@H](CS)C(=O)O. The smallest absolute Gasteiger partial charge is 0.323 e. The van der Waals surface area contributed by atoms with Crippen molar-refractivity contribution < 1.29 is 24.2 Å². The fourth-order valence-corrected chi connectivity index (χ4v) is 1.59. The van der Waals surface area contributed by atoms with E-state index < -0.39 is 35.9 Å². The summed E-state index contributed by atoms with van der Waals surface area (Å²) in [6.45, 7) is 5.07. The maximum atomic E-state index is 11.5. The number of carboxylic acid groups (broad SMARTS) is 1. The predicted octanol–water partition coefficient (Wildman–Crippen LogP) is 0.0642. The van der Waals surface area contributed by atoms with Crippen molar-refractivity contribution in [3.63, 3.8) is 0 Å². The highest BCUT2D eigenvalue weighted by atomic mass is 32.1. The monoisotopic (exact) mass is 292 g/mol. The molecule has 0 saturated heterocycles. The first-order valence-electron chi connectivity index (χ1n) is 5.64. The molecule has 7 nitrogen and oxygen atoms in total. The van der Waals surface area contributed by atoms with Crippen LogP contribution in [-0.4, -0.2) is 52.4 Å². The molecule has 0 fully saturated rings. The zero-order chi connectivity index (χ0) is 15.2. The van der Waals surface area contributed by atoms with Crippen molar-refractivity contribution in [3.05, 3.63) is 0 Å². The molecule has 0 spiro atoms. The van der Waals surface area contributed by atoms with Crippen molar-refractivity contribution in [1.29, 1.82) is 0 Å². The molecule has 0 aromatic rings. The van der Waals surface area contributed by atoms with Crippen LogP contribution in [0.25, 0.3) is 0 Å². The summed E-state index contributed by atoms with van der Waals surface area (Å²) in [6, 6.07) is -0.967. The molecule has 0 aliphatic rings. The Balaban J connectivity index is 4.31. The van der Waals surface area contributed by atoms with Crippen molar-refractivity contribution >= 4 is 30.5 Å². The normalized spacial score (nSPS) is 12.9. The van der Waals surface area contributed by atoms with Crippen LogP contribution in [0.3, 0.4) is 0 Å². The van der Waals surface area contributed by atoms with Gasteiger partial charge in [-0.05, 0) is 20.8 Å². The summed E-state index contributed by atoms with van der Waals surface area (Å²) >= 11 is 3.88. The Kier molecular flexibility index (Phi) is 6.85. The number of carbonyl (C=O) groups is 3. The lowest BCUT2D eigenvalue weighted by Gasteiger charge is -2.24. The van der Waals surface area contributed by atoms with Gasteiger partial charge in [0.05, 0.1) is 0 Å². The number of hydrazine groups is 1. The first-order valence-corrected chi connectivity index (χ1v) is 6.28. The Morgan fingerprint density at radius 3 is 2.26 bits per heavy atom. The number of nitrogens with one attached hydrogen (secondary N) is 1. The van der Waals surface area contributed by atoms with Crippen molar-refractivity contribution in [3.8, 4) is 0 Å². The van der Waals surface area contributed by atoms with E-state index in [2.05, 4.69) is 18.1 Å². The van der Waals surface area contributed by atoms with E-state index >= 15 is 0 Å². The van der Waals surface area contributed by atoms with Crippen molar-refractivity contribution in [2.75, 3.05) is 12.8 Å². The van der Waals surface area contributed by atoms with Gasteiger partial charge in [-0.25, -0.2) is 5.01 Å². The molecule has 2 N–H and O–H groups in total. The second-order valence-corrected chi connectivity index (χ2v) is 5.31. The highest BCUT2D eigenvalue weighted by Crippen LogP contribution is 2.08. The average Bonchev–Trinajstić information content (AvgIpc) is 2.13. The van der Waals surface area contributed by atoms with Gasteiger partial charge in [-0.3, -0.25) is 19.8 Å². The van der Waals surface area contributed by atoms with Gasteiger partial charge in [-0.2, -0.15) is 12.6 Å². The third-order valence-electron chi connectivity index (χ3n) is 1.95. The van der Waals surface area contributed by atoms with Crippen LogP contribution in [0.15, 0.2) is 0 Å². The van der Waals surface area contributed by atoms with Crippen LogP contribution in [0.1, 0.15) is 27.2 Å². The van der Waals surface area contributed by atoms with Crippen LogP contribution in [-0.2, 0) is 19.1 Å². The quantitative estimate of drug-likeness (QED) is 0.277. The van der Waals surface area contributed by atoms with Crippen LogP contribution < -0.4 is 5.43 Å². The summed E-state index contributed by atoms with van der Waals surface area (Å²) in [5.41, 5.74) is 1.62. The van der Waals surface area contributed by atoms with E-state index in [1.807, 2.05) is 0 Å². The molecule has 0 aromatic heterocycles. The molecule has 0 saturated carbocycles. The molecule has 19 heavy (non-hydrogen) atoms. The maximum Gasteiger partial charge on any atom is 0.323 e. The largest absolute Gasteiger partial charge is 0.480 e. The zero-order valence-corrected chi connectivity index (χ0v) is 12.4. The van der Waals surface area contributed by atoms with Gasteiger partial charge < -0.3 is 9.84 Å². The molecule has 0 aliphatic carbocycles. The lowest BCUT2D eigenvalue weighted by atomic mass is 10.2. The molecule has 1 amide bonds. The molecule has 0 radical (unpaired) electrons. The molecule has 0 aliphatic heterocycles. The fourth-order valence-electron chi connectivity index (χ4n) is 1.19. The van der Waals surface area contributed by atoms with Gasteiger partial charge in [-0.1, -0.05) is 0 Å². The van der Waals surface area contributed by atoms with Gasteiger partial charge in [0.15, 0.2) is 0 Å². The summed E-state index contributed by atoms with van der Waals surface area (Å²) in [5.74, 6) is -2.39. The van der Waals surface area contributed by atoms with Crippen LogP contribution in [0.2, 0.25) is 0 Å². The Hall–Kier alpha value is -1.28. The summed E-state index contributed by atoms with van der Waals surface area (Å²) < 4.78 is 4.97. The van der Waals surface area contributed by atoms with E-state index in [4.69, 9.17) is 9.84 Å². The number of ether oxygens (including phenoxy) is 1. The Morgan fingerprint density at radius 1 is 1.37 bits per heavy atom. The summed E-state index contributed by atoms with van der Waals surface area (Å²) in [6.07, 6.45) is -0.472. The highest BCUT2D eigenvalue weighted by molar-refractivity contribution is 7.80. The van der Waals surface area contributed by atoms with Crippen LogP contribution in [0.5, 0.6) is 0 Å². The van der Waals surface area contributed by atoms with Gasteiger partial charge in [0.2, 0.25) is 5.91 Å². The molecule has 0 bridgehead atoms. The number of nitrogens with zero attached hydrogens (tertiary/aromatic N) is 1. The van der Waals surface area contributed by atoms with E-state index in [1.165, 1.54) is 7.05 Å². The molecule has 0 unspecified atom stereocenters. The Bertz CT molecular complexity index is 353. The second kappa shape index (κ2) is 7.34. The Labute approximate surface area is 117 Å². The predicted molar refractivity (Wildman–Crippen MR) is 71.6 cm³/mol. The first-order chi connectivity index (χ1) is 8.56. The number of aliphatic carboxylic acids is 1. The van der Waals surface area contributed by atoms with Gasteiger partial charge in [0.25, 0.3) is 0 Å². The Morgan fingerprint density at radius 2 is 1.89 bits per heavy atom. The minimum Gasteiger partial charge on any atom is -0.480 e. The lowest BCUT2D eigenvalue weighted by molar-refractivity contribution is -0.157. The van der Waals surface area contributed by atoms with E-state index in [-0.39, 0.29) is 5.75 Å². The molecule has 0 aromatic carbocycles. The summed E-state index contributed by atoms with van der Waals surface area (Å²) in [5, 5.41) is 9.96. The standard InChI is InChI=1S/C11H20N2O5S/c1-11(2,3)18-9(15)5-8(14)12-13(4)7(6-19)10(16)17/h7,19H,5-6H2,1-4H3,(H,12,14)(H,16,17)/t7-/m0/s1. The summed E-state index contributed by atoms with van der Waals surface area (Å²) in [7, 11) is 1.39. The molecular formula is C11H20N2O5S. The van der Waals surface area contributed by atoms with E-state index in [9.17, 15) is 14.4 Å². The number of thiol groups is 1. The number of carbonyl (C=O) groups excluding carboxylic acids is 2. The second-order valence-electron chi connectivity index (χ2n) is 4.95. The number of likely N-dealkylation sites (N-methyl/N-ethyl adjacent to an activating group) is 1. The molecule has 0 rings (SSSR count). The van der Waals surface area contributed by atoms with Crippen LogP contribution >= 0.6 is 12.6 Å². The average molecular weight is 292 g/mol. The minimum absolute atomic E-state index is 0.0263. The van der Waals surface area contributed by atoms with Crippen molar-refractivity contribution in [1.82, 2.24) is 10.4 Å². The topological polar surface area (TPSA) is 95.9 Å². The number of esters is 1. The lowest BCUT2D eigenvalue weighted by Crippen LogP contribution is -2.50. The molecule has 0 heterocycles. The van der Waals surface area contributed by atoms with Gasteiger partial charge in [0.1, 0.15) is 18.1 Å². The number of rotatable bonds is 6. The van der Waals surface area contributed by atoms with Crippen LogP contribution in [0, 0.1) is 0 Å². The zero-order valence-electron chi connectivity index (χ0n) is 11.5. The maximum absolute atomic E-state index is 11.5. The van der Waals surface area contributed by atoms with E-state index in [0.717, 1.165) is 5.01 Å². The third-order valence-corrected chi connectivity index (χ3v) is 2.30. The van der Waals surface area contributed by atoms with Crippen LogP contribution in [0.4, 0.5) is 0 Å². The number of carboxylic acids is 1. The molecule has 8 heteroatoms. The molecule has 110 valence electrons. The first kappa shape index (κ1) is 17.7. The van der Waals surface area contributed by atoms with Gasteiger partial charge in [0, 0.05) is 12.8 Å². The van der Waals surface area contributed by atoms with Gasteiger partial charge in [-0.15, -0.1) is 0 Å².